The molecule has 160 valence electrons. The van der Waals surface area contributed by atoms with E-state index in [1.165, 1.54) is 11.0 Å². The number of benzene rings is 1. The highest BCUT2D eigenvalue weighted by Crippen LogP contribution is 2.30. The third-order valence-corrected chi connectivity index (χ3v) is 5.97. The Bertz CT molecular complexity index is 870. The number of imide groups is 2. The lowest BCUT2D eigenvalue weighted by molar-refractivity contribution is -0.132. The fourth-order valence-corrected chi connectivity index (χ4v) is 4.33. The van der Waals surface area contributed by atoms with E-state index in [0.717, 1.165) is 50.9 Å². The van der Waals surface area contributed by atoms with E-state index in [1.807, 2.05) is 18.2 Å². The van der Waals surface area contributed by atoms with Crippen LogP contribution in [0.25, 0.3) is 6.08 Å². The first kappa shape index (κ1) is 20.4. The molecule has 2 heterocycles. The zero-order valence-electron chi connectivity index (χ0n) is 17.2. The molecule has 0 spiro atoms. The highest BCUT2D eigenvalue weighted by atomic mass is 16.5. The van der Waals surface area contributed by atoms with Crippen LogP contribution in [0.15, 0.2) is 23.8 Å². The van der Waals surface area contributed by atoms with Gasteiger partial charge in [0.05, 0.1) is 20.3 Å². The van der Waals surface area contributed by atoms with E-state index in [9.17, 15) is 14.4 Å². The molecule has 0 radical (unpaired) electrons. The number of rotatable bonds is 4. The predicted octanol–water partition coefficient (Wildman–Crippen LogP) is 2.33. The fraction of sp³-hybridized carbons (Fsp3) is 0.500. The molecule has 1 saturated carbocycles. The first-order valence-corrected chi connectivity index (χ1v) is 10.5. The number of amides is 4. The molecule has 1 aromatic rings. The van der Waals surface area contributed by atoms with Crippen molar-refractivity contribution in [2.45, 2.75) is 38.1 Å². The number of anilines is 1. The molecule has 2 aliphatic heterocycles. The van der Waals surface area contributed by atoms with Gasteiger partial charge in [0.15, 0.2) is 0 Å². The van der Waals surface area contributed by atoms with Crippen molar-refractivity contribution < 1.29 is 23.9 Å². The molecule has 4 amide bonds. The van der Waals surface area contributed by atoms with Crippen LogP contribution in [-0.4, -0.2) is 62.2 Å². The topological polar surface area (TPSA) is 88.2 Å². The van der Waals surface area contributed by atoms with Crippen molar-refractivity contribution in [3.8, 4) is 5.75 Å². The molecule has 30 heavy (non-hydrogen) atoms. The minimum absolute atomic E-state index is 0.0439. The van der Waals surface area contributed by atoms with Gasteiger partial charge in [-0.3, -0.25) is 19.8 Å². The molecular formula is C22H27N3O5. The Labute approximate surface area is 175 Å². The first-order chi connectivity index (χ1) is 14.6. The molecule has 8 heteroatoms. The summed E-state index contributed by atoms with van der Waals surface area (Å²) in [6.07, 6.45) is 6.13. The normalized spacial score (nSPS) is 22.4. The Hall–Kier alpha value is -2.87. The number of barbiturate groups is 1. The molecule has 4 rings (SSSR count). The maximum absolute atomic E-state index is 13.1. The van der Waals surface area contributed by atoms with Crippen molar-refractivity contribution in [3.05, 3.63) is 29.3 Å². The van der Waals surface area contributed by atoms with Gasteiger partial charge in [-0.15, -0.1) is 0 Å². The highest BCUT2D eigenvalue weighted by Gasteiger charge is 2.40. The van der Waals surface area contributed by atoms with Crippen molar-refractivity contribution in [2.24, 2.45) is 0 Å². The summed E-state index contributed by atoms with van der Waals surface area (Å²) >= 11 is 0. The molecule has 3 aliphatic rings. The van der Waals surface area contributed by atoms with E-state index in [0.29, 0.717) is 24.5 Å². The summed E-state index contributed by atoms with van der Waals surface area (Å²) in [4.78, 5) is 41.3. The molecule has 1 aliphatic carbocycles. The zero-order chi connectivity index (χ0) is 21.1. The summed E-state index contributed by atoms with van der Waals surface area (Å²) in [5, 5.41) is 2.32. The Balaban J connectivity index is 1.62. The van der Waals surface area contributed by atoms with Gasteiger partial charge < -0.3 is 14.4 Å². The van der Waals surface area contributed by atoms with Gasteiger partial charge in [-0.05, 0) is 31.1 Å². The van der Waals surface area contributed by atoms with Crippen LogP contribution in [-0.2, 0) is 14.3 Å². The van der Waals surface area contributed by atoms with Crippen molar-refractivity contribution in [3.63, 3.8) is 0 Å². The third kappa shape index (κ3) is 4.05. The first-order valence-electron chi connectivity index (χ1n) is 10.5. The lowest BCUT2D eigenvalue weighted by atomic mass is 9.93. The van der Waals surface area contributed by atoms with E-state index in [1.54, 1.807) is 7.11 Å². The SMILES string of the molecule is COc1cc(N2CCOCC2)ccc1C=C1C(=O)NC(=O)N(C2CCCCC2)C1=O. The predicted molar refractivity (Wildman–Crippen MR) is 111 cm³/mol. The summed E-state index contributed by atoms with van der Waals surface area (Å²) in [6, 6.07) is 4.89. The summed E-state index contributed by atoms with van der Waals surface area (Å²) in [5.74, 6) is -0.639. The molecule has 0 aromatic heterocycles. The number of morpholine rings is 1. The number of ether oxygens (including phenoxy) is 2. The standard InChI is InChI=1S/C22H27N3O5/c1-29-19-14-17(24-9-11-30-12-10-24)8-7-15(19)13-18-20(26)23-22(28)25(21(18)27)16-5-3-2-4-6-16/h7-8,13-14,16H,2-6,9-12H2,1H3,(H,23,26,28). The smallest absolute Gasteiger partial charge is 0.331 e. The van der Waals surface area contributed by atoms with E-state index in [4.69, 9.17) is 9.47 Å². The van der Waals surface area contributed by atoms with Gasteiger partial charge in [0.1, 0.15) is 11.3 Å². The van der Waals surface area contributed by atoms with Gasteiger partial charge >= 0.3 is 6.03 Å². The quantitative estimate of drug-likeness (QED) is 0.602. The largest absolute Gasteiger partial charge is 0.496 e. The Morgan fingerprint density at radius 1 is 1.10 bits per heavy atom. The zero-order valence-corrected chi connectivity index (χ0v) is 17.2. The maximum Gasteiger partial charge on any atom is 0.331 e. The average Bonchev–Trinajstić information content (AvgIpc) is 2.78. The highest BCUT2D eigenvalue weighted by molar-refractivity contribution is 6.31. The van der Waals surface area contributed by atoms with E-state index < -0.39 is 17.8 Å². The third-order valence-electron chi connectivity index (χ3n) is 5.97. The van der Waals surface area contributed by atoms with Gasteiger partial charge in [0, 0.05) is 36.4 Å². The second kappa shape index (κ2) is 8.87. The Kier molecular flexibility index (Phi) is 6.03. The van der Waals surface area contributed by atoms with Crippen LogP contribution < -0.4 is 15.0 Å². The van der Waals surface area contributed by atoms with Crippen LogP contribution in [0.3, 0.4) is 0 Å². The number of hydrogen-bond donors (Lipinski definition) is 1. The van der Waals surface area contributed by atoms with Crippen LogP contribution >= 0.6 is 0 Å². The summed E-state index contributed by atoms with van der Waals surface area (Å²) in [6.45, 7) is 2.94. The molecule has 1 aromatic carbocycles. The van der Waals surface area contributed by atoms with Crippen molar-refractivity contribution >= 4 is 29.6 Å². The van der Waals surface area contributed by atoms with Crippen LogP contribution in [0.4, 0.5) is 10.5 Å². The van der Waals surface area contributed by atoms with E-state index in [2.05, 4.69) is 10.2 Å². The number of methoxy groups -OCH3 is 1. The summed E-state index contributed by atoms with van der Waals surface area (Å²) < 4.78 is 10.9. The number of nitrogens with one attached hydrogen (secondary N) is 1. The lowest BCUT2D eigenvalue weighted by Gasteiger charge is -2.35. The molecule has 2 saturated heterocycles. The van der Waals surface area contributed by atoms with Crippen LogP contribution in [0.1, 0.15) is 37.7 Å². The summed E-state index contributed by atoms with van der Waals surface area (Å²) in [7, 11) is 1.56. The van der Waals surface area contributed by atoms with Crippen LogP contribution in [0, 0.1) is 0 Å². The van der Waals surface area contributed by atoms with Gasteiger partial charge in [-0.2, -0.15) is 0 Å². The minimum Gasteiger partial charge on any atom is -0.496 e. The van der Waals surface area contributed by atoms with Gasteiger partial charge in [-0.1, -0.05) is 19.3 Å². The minimum atomic E-state index is -0.670. The Morgan fingerprint density at radius 2 is 1.83 bits per heavy atom. The van der Waals surface area contributed by atoms with Crippen molar-refractivity contribution in [2.75, 3.05) is 38.3 Å². The molecular weight excluding hydrogens is 386 g/mol. The maximum atomic E-state index is 13.1. The molecule has 0 unspecified atom stereocenters. The lowest BCUT2D eigenvalue weighted by Crippen LogP contribution is -2.58. The molecule has 0 atom stereocenters. The van der Waals surface area contributed by atoms with E-state index in [-0.39, 0.29) is 11.6 Å². The summed E-state index contributed by atoms with van der Waals surface area (Å²) in [5.41, 5.74) is 1.57. The molecule has 0 bridgehead atoms. The van der Waals surface area contributed by atoms with Gasteiger partial charge in [0.2, 0.25) is 0 Å². The van der Waals surface area contributed by atoms with Crippen LogP contribution in [0.2, 0.25) is 0 Å². The fourth-order valence-electron chi connectivity index (χ4n) is 4.33. The van der Waals surface area contributed by atoms with Crippen LogP contribution in [0.5, 0.6) is 5.75 Å². The number of urea groups is 1. The van der Waals surface area contributed by atoms with Crippen molar-refractivity contribution in [1.29, 1.82) is 0 Å². The monoisotopic (exact) mass is 413 g/mol. The molecule has 8 nitrogen and oxygen atoms in total. The van der Waals surface area contributed by atoms with Gasteiger partial charge in [0.25, 0.3) is 11.8 Å². The number of nitrogens with zero attached hydrogens (tertiary/aromatic N) is 2. The average molecular weight is 413 g/mol. The number of hydrogen-bond acceptors (Lipinski definition) is 6. The van der Waals surface area contributed by atoms with Gasteiger partial charge in [-0.25, -0.2) is 4.79 Å². The van der Waals surface area contributed by atoms with Crippen molar-refractivity contribution in [1.82, 2.24) is 10.2 Å². The number of carbonyl (C=O) groups is 3. The second-order valence-corrected chi connectivity index (χ2v) is 7.81. The van der Waals surface area contributed by atoms with E-state index >= 15 is 0 Å². The molecule has 1 N–H and O–H groups in total. The molecule has 3 fully saturated rings. The second-order valence-electron chi connectivity index (χ2n) is 7.81. The number of carbonyl (C=O) groups excluding carboxylic acids is 3. The Morgan fingerprint density at radius 3 is 2.53 bits per heavy atom.